The number of non-ortho nitro benzene ring substituents is 2. The third kappa shape index (κ3) is 3.54. The number of aromatic nitrogens is 3. The minimum absolute atomic E-state index is 0.0343. The van der Waals surface area contributed by atoms with Crippen molar-refractivity contribution in [3.05, 3.63) is 44.3 Å². The largest absolute Gasteiger partial charge is 0.394 e. The van der Waals surface area contributed by atoms with Crippen molar-refractivity contribution in [2.45, 2.75) is 30.5 Å². The average molecular weight is 397 g/mol. The van der Waals surface area contributed by atoms with E-state index in [1.807, 2.05) is 0 Å². The molecule has 150 valence electrons. The highest BCUT2D eigenvalue weighted by molar-refractivity contribution is 5.64. The topological polar surface area (TPSA) is 218 Å². The second-order valence-electron chi connectivity index (χ2n) is 6.05. The van der Waals surface area contributed by atoms with E-state index < -0.39 is 58.3 Å². The lowest BCUT2D eigenvalue weighted by atomic mass is 9.95. The zero-order valence-electron chi connectivity index (χ0n) is 13.9. The summed E-state index contributed by atoms with van der Waals surface area (Å²) in [5.74, 6) is -0.264. The minimum Gasteiger partial charge on any atom is -0.394 e. The Bertz CT molecular complexity index is 869. The molecule has 1 fully saturated rings. The number of rotatable bonds is 5. The molecule has 5 N–H and O–H groups in total. The number of nitrogens with one attached hydrogen (secondary N) is 1. The molecule has 14 heteroatoms. The molecule has 5 atom stereocenters. The molecule has 0 saturated carbocycles. The number of H-pyrrole nitrogens is 1. The van der Waals surface area contributed by atoms with E-state index in [2.05, 4.69) is 15.2 Å². The summed E-state index contributed by atoms with van der Waals surface area (Å²) in [4.78, 5) is 24.4. The Morgan fingerprint density at radius 3 is 2.18 bits per heavy atom. The van der Waals surface area contributed by atoms with Gasteiger partial charge in [0.05, 0.1) is 22.5 Å². The number of nitro groups is 2. The highest BCUT2D eigenvalue weighted by atomic mass is 16.6. The molecule has 1 aromatic carbocycles. The molecule has 28 heavy (non-hydrogen) atoms. The molecule has 2 unspecified atom stereocenters. The molecule has 0 radical (unpaired) electrons. The molecule has 0 bridgehead atoms. The monoisotopic (exact) mass is 397 g/mol. The van der Waals surface area contributed by atoms with Gasteiger partial charge in [0.15, 0.2) is 11.6 Å². The number of aromatic amines is 1. The Hall–Kier alpha value is -3.04. The number of benzene rings is 1. The molecule has 0 spiro atoms. The summed E-state index contributed by atoms with van der Waals surface area (Å²) in [5, 5.41) is 67.2. The Kier molecular flexibility index (Phi) is 5.30. The summed E-state index contributed by atoms with van der Waals surface area (Å²) in [7, 11) is 0. The van der Waals surface area contributed by atoms with Crippen molar-refractivity contribution in [2.75, 3.05) is 6.61 Å². The molecule has 0 amide bonds. The van der Waals surface area contributed by atoms with Crippen molar-refractivity contribution >= 4 is 11.4 Å². The van der Waals surface area contributed by atoms with Gasteiger partial charge < -0.3 is 25.2 Å². The summed E-state index contributed by atoms with van der Waals surface area (Å²) < 4.78 is 5.33. The number of aliphatic hydroxyl groups is 4. The molecule has 1 aromatic heterocycles. The van der Waals surface area contributed by atoms with Crippen molar-refractivity contribution in [1.29, 1.82) is 0 Å². The number of hydrogen-bond acceptors (Lipinski definition) is 11. The fourth-order valence-corrected chi connectivity index (χ4v) is 2.79. The lowest BCUT2D eigenvalue weighted by Crippen LogP contribution is -2.55. The Balaban J connectivity index is 1.96. The highest BCUT2D eigenvalue weighted by Gasteiger charge is 2.45. The van der Waals surface area contributed by atoms with Crippen LogP contribution in [0, 0.1) is 20.2 Å². The first-order valence-electron chi connectivity index (χ1n) is 7.90. The van der Waals surface area contributed by atoms with Gasteiger partial charge in [0.25, 0.3) is 11.4 Å². The number of aliphatic hydroxyl groups excluding tert-OH is 4. The number of nitro benzene ring substituents is 2. The van der Waals surface area contributed by atoms with Crippen LogP contribution in [0.4, 0.5) is 11.4 Å². The smallest absolute Gasteiger partial charge is 0.277 e. The van der Waals surface area contributed by atoms with Gasteiger partial charge in [-0.25, -0.2) is 4.98 Å². The van der Waals surface area contributed by atoms with E-state index in [1.54, 1.807) is 0 Å². The number of ether oxygens (including phenoxy) is 1. The molecule has 14 nitrogen and oxygen atoms in total. The van der Waals surface area contributed by atoms with E-state index in [4.69, 9.17) is 4.74 Å². The molecule has 0 aliphatic carbocycles. The van der Waals surface area contributed by atoms with E-state index in [9.17, 15) is 40.7 Å². The minimum atomic E-state index is -1.64. The Morgan fingerprint density at radius 2 is 1.64 bits per heavy atom. The van der Waals surface area contributed by atoms with Gasteiger partial charge in [-0.15, -0.1) is 0 Å². The summed E-state index contributed by atoms with van der Waals surface area (Å²) in [6, 6.07) is 2.86. The van der Waals surface area contributed by atoms with Crippen molar-refractivity contribution in [2.24, 2.45) is 0 Å². The lowest BCUT2D eigenvalue weighted by molar-refractivity contribution is -0.394. The molecular formula is C14H15N5O9. The first kappa shape index (κ1) is 19.7. The molecule has 1 aliphatic rings. The fraction of sp³-hybridized carbons (Fsp3) is 0.429. The molecule has 2 aromatic rings. The SMILES string of the molecule is O=[N+]([O-])c1cc(-c2n[nH]c([C@@H]3OC(CO)[C@@H](O)C(O)[C@@H]3O)n2)cc([N+](=O)[O-])c1. The summed E-state index contributed by atoms with van der Waals surface area (Å²) in [5.41, 5.74) is -1.11. The zero-order chi connectivity index (χ0) is 20.6. The van der Waals surface area contributed by atoms with Gasteiger partial charge in [0, 0.05) is 17.7 Å². The van der Waals surface area contributed by atoms with Crippen LogP contribution in [0.1, 0.15) is 11.9 Å². The van der Waals surface area contributed by atoms with Crippen LogP contribution in [-0.4, -0.2) is 76.5 Å². The van der Waals surface area contributed by atoms with E-state index in [-0.39, 0.29) is 17.2 Å². The zero-order valence-corrected chi connectivity index (χ0v) is 13.9. The van der Waals surface area contributed by atoms with Crippen LogP contribution in [0.3, 0.4) is 0 Å². The van der Waals surface area contributed by atoms with Crippen LogP contribution in [0.15, 0.2) is 18.2 Å². The fourth-order valence-electron chi connectivity index (χ4n) is 2.79. The number of nitrogens with zero attached hydrogens (tertiary/aromatic N) is 4. The first-order chi connectivity index (χ1) is 13.2. The van der Waals surface area contributed by atoms with Gasteiger partial charge in [-0.3, -0.25) is 25.3 Å². The summed E-state index contributed by atoms with van der Waals surface area (Å²) in [6.07, 6.45) is -7.28. The molecule has 1 saturated heterocycles. The van der Waals surface area contributed by atoms with Gasteiger partial charge in [-0.1, -0.05) is 0 Å². The third-order valence-corrected chi connectivity index (χ3v) is 4.25. The van der Waals surface area contributed by atoms with Crippen molar-refractivity contribution in [1.82, 2.24) is 15.2 Å². The van der Waals surface area contributed by atoms with Crippen molar-refractivity contribution < 1.29 is 35.0 Å². The predicted octanol–water partition coefficient (Wildman–Crippen LogP) is -1.20. The van der Waals surface area contributed by atoms with E-state index in [0.29, 0.717) is 0 Å². The molecule has 1 aliphatic heterocycles. The van der Waals surface area contributed by atoms with E-state index in [0.717, 1.165) is 18.2 Å². The van der Waals surface area contributed by atoms with Gasteiger partial charge in [0.1, 0.15) is 30.5 Å². The highest BCUT2D eigenvalue weighted by Crippen LogP contribution is 2.32. The van der Waals surface area contributed by atoms with Gasteiger partial charge in [0.2, 0.25) is 0 Å². The normalized spacial score (nSPS) is 27.5. The summed E-state index contributed by atoms with van der Waals surface area (Å²) in [6.45, 7) is -0.639. The second kappa shape index (κ2) is 7.53. The van der Waals surface area contributed by atoms with Gasteiger partial charge in [-0.2, -0.15) is 5.10 Å². The van der Waals surface area contributed by atoms with Crippen LogP contribution >= 0.6 is 0 Å². The Labute approximate surface area is 155 Å². The number of hydrogen-bond donors (Lipinski definition) is 5. The van der Waals surface area contributed by atoms with Crippen molar-refractivity contribution in [3.8, 4) is 11.4 Å². The van der Waals surface area contributed by atoms with E-state index >= 15 is 0 Å². The van der Waals surface area contributed by atoms with Crippen LogP contribution in [0.2, 0.25) is 0 Å². The molecule has 3 rings (SSSR count). The third-order valence-electron chi connectivity index (χ3n) is 4.25. The maximum Gasteiger partial charge on any atom is 0.277 e. The van der Waals surface area contributed by atoms with Gasteiger partial charge >= 0.3 is 0 Å². The lowest BCUT2D eigenvalue weighted by Gasteiger charge is -2.38. The first-order valence-corrected chi connectivity index (χ1v) is 7.90. The quantitative estimate of drug-likeness (QED) is 0.298. The standard InChI is InChI=1S/C14H15N5O9/c20-4-8-9(21)10(22)11(23)12(28-8)14-15-13(16-17-14)5-1-6(18(24)25)3-7(2-5)19(26)27/h1-3,8-12,20-23H,4H2,(H,15,16,17)/t8?,9-,10?,11+,12-/m1/s1. The van der Waals surface area contributed by atoms with Crippen LogP contribution < -0.4 is 0 Å². The molecule has 2 heterocycles. The summed E-state index contributed by atoms with van der Waals surface area (Å²) >= 11 is 0. The van der Waals surface area contributed by atoms with Crippen LogP contribution in [0.5, 0.6) is 0 Å². The second-order valence-corrected chi connectivity index (χ2v) is 6.05. The average Bonchev–Trinajstić information content (AvgIpc) is 3.16. The van der Waals surface area contributed by atoms with Crippen molar-refractivity contribution in [3.63, 3.8) is 0 Å². The van der Waals surface area contributed by atoms with Crippen LogP contribution in [0.25, 0.3) is 11.4 Å². The van der Waals surface area contributed by atoms with Gasteiger partial charge in [-0.05, 0) is 0 Å². The van der Waals surface area contributed by atoms with Crippen LogP contribution in [-0.2, 0) is 4.74 Å². The Morgan fingerprint density at radius 1 is 1.04 bits per heavy atom. The van der Waals surface area contributed by atoms with E-state index in [1.165, 1.54) is 0 Å². The maximum atomic E-state index is 11.0. The predicted molar refractivity (Wildman–Crippen MR) is 87.8 cm³/mol. The molecular weight excluding hydrogens is 382 g/mol. The maximum absolute atomic E-state index is 11.0.